The summed E-state index contributed by atoms with van der Waals surface area (Å²) in [6, 6.07) is 10.4. The molecule has 0 fully saturated rings. The Morgan fingerprint density at radius 2 is 1.86 bits per heavy atom. The van der Waals surface area contributed by atoms with Crippen molar-refractivity contribution in [3.8, 4) is 0 Å². The molecule has 4 nitrogen and oxygen atoms in total. The van der Waals surface area contributed by atoms with Gasteiger partial charge in [-0.3, -0.25) is 4.72 Å². The molecule has 1 unspecified atom stereocenters. The molecule has 0 radical (unpaired) electrons. The van der Waals surface area contributed by atoms with Crippen molar-refractivity contribution in [2.75, 3.05) is 4.72 Å². The van der Waals surface area contributed by atoms with E-state index in [1.54, 1.807) is 19.1 Å². The molecule has 0 aliphatic carbocycles. The van der Waals surface area contributed by atoms with Gasteiger partial charge in [-0.15, -0.1) is 0 Å². The topological polar surface area (TPSA) is 72.2 Å². The number of halogens is 1. The molecule has 0 aliphatic rings. The van der Waals surface area contributed by atoms with Crippen LogP contribution in [0.3, 0.4) is 0 Å². The van der Waals surface area contributed by atoms with Gasteiger partial charge >= 0.3 is 0 Å². The van der Waals surface area contributed by atoms with Crippen LogP contribution in [0.4, 0.5) is 10.1 Å². The third-order valence-corrected chi connectivity index (χ3v) is 4.57. The number of nitrogens with one attached hydrogen (secondary N) is 1. The molecule has 0 heterocycles. The van der Waals surface area contributed by atoms with Crippen molar-refractivity contribution in [3.63, 3.8) is 0 Å². The first-order valence-electron chi connectivity index (χ1n) is 6.45. The third kappa shape index (κ3) is 3.40. The quantitative estimate of drug-likeness (QED) is 0.912. The molecule has 21 heavy (non-hydrogen) atoms. The average Bonchev–Trinajstić information content (AvgIpc) is 2.44. The van der Waals surface area contributed by atoms with Crippen molar-refractivity contribution in [2.45, 2.75) is 24.8 Å². The Balaban J connectivity index is 2.39. The maximum atomic E-state index is 13.5. The molecule has 1 atom stereocenters. The molecule has 0 saturated heterocycles. The molecule has 6 heteroatoms. The molecule has 0 amide bonds. The number of benzene rings is 2. The zero-order valence-electron chi connectivity index (χ0n) is 11.8. The van der Waals surface area contributed by atoms with Gasteiger partial charge in [-0.1, -0.05) is 18.2 Å². The van der Waals surface area contributed by atoms with Crippen LogP contribution in [0.2, 0.25) is 0 Å². The van der Waals surface area contributed by atoms with Gasteiger partial charge in [-0.25, -0.2) is 12.8 Å². The molecule has 0 saturated carbocycles. The molecule has 2 rings (SSSR count). The molecule has 0 aromatic heterocycles. The lowest BCUT2D eigenvalue weighted by atomic mass is 10.1. The molecule has 0 bridgehead atoms. The zero-order valence-corrected chi connectivity index (χ0v) is 12.6. The van der Waals surface area contributed by atoms with Crippen molar-refractivity contribution in [1.82, 2.24) is 0 Å². The van der Waals surface area contributed by atoms with Crippen LogP contribution in [0.25, 0.3) is 0 Å². The van der Waals surface area contributed by atoms with E-state index in [0.29, 0.717) is 5.56 Å². The summed E-state index contributed by atoms with van der Waals surface area (Å²) in [5.74, 6) is -0.459. The smallest absolute Gasteiger partial charge is 0.261 e. The molecule has 0 aliphatic heterocycles. The highest BCUT2D eigenvalue weighted by atomic mass is 32.2. The van der Waals surface area contributed by atoms with Crippen LogP contribution in [0.15, 0.2) is 47.4 Å². The van der Waals surface area contributed by atoms with Crippen LogP contribution in [0.1, 0.15) is 24.1 Å². The molecular formula is C15H17FN2O2S. The van der Waals surface area contributed by atoms with Gasteiger partial charge in [0.05, 0.1) is 10.6 Å². The minimum absolute atomic E-state index is 0.0981. The highest BCUT2D eigenvalue weighted by molar-refractivity contribution is 7.92. The fourth-order valence-electron chi connectivity index (χ4n) is 1.89. The number of anilines is 1. The minimum Gasteiger partial charge on any atom is -0.324 e. The van der Waals surface area contributed by atoms with Crippen LogP contribution in [-0.4, -0.2) is 8.42 Å². The van der Waals surface area contributed by atoms with Crippen LogP contribution in [-0.2, 0) is 10.0 Å². The van der Waals surface area contributed by atoms with Gasteiger partial charge in [0.25, 0.3) is 10.0 Å². The lowest BCUT2D eigenvalue weighted by Crippen LogP contribution is -2.15. The van der Waals surface area contributed by atoms with E-state index in [1.807, 2.05) is 0 Å². The maximum Gasteiger partial charge on any atom is 0.261 e. The summed E-state index contributed by atoms with van der Waals surface area (Å²) in [4.78, 5) is 0.0981. The Hall–Kier alpha value is -1.92. The van der Waals surface area contributed by atoms with Gasteiger partial charge in [0.2, 0.25) is 0 Å². The van der Waals surface area contributed by atoms with Crippen LogP contribution in [0.5, 0.6) is 0 Å². The first-order chi connectivity index (χ1) is 9.81. The second kappa shape index (κ2) is 5.83. The van der Waals surface area contributed by atoms with E-state index in [2.05, 4.69) is 4.72 Å². The Labute approximate surface area is 123 Å². The Morgan fingerprint density at radius 3 is 2.52 bits per heavy atom. The van der Waals surface area contributed by atoms with Crippen molar-refractivity contribution < 1.29 is 12.8 Å². The van der Waals surface area contributed by atoms with E-state index in [1.165, 1.54) is 37.3 Å². The summed E-state index contributed by atoms with van der Waals surface area (Å²) >= 11 is 0. The lowest BCUT2D eigenvalue weighted by Gasteiger charge is -2.12. The predicted octanol–water partition coefficient (Wildman–Crippen LogP) is 2.95. The molecule has 3 N–H and O–H groups in total. The summed E-state index contributed by atoms with van der Waals surface area (Å²) in [7, 11) is -3.78. The molecule has 2 aromatic carbocycles. The predicted molar refractivity (Wildman–Crippen MR) is 81.0 cm³/mol. The fourth-order valence-corrected chi connectivity index (χ4v) is 3.06. The largest absolute Gasteiger partial charge is 0.324 e. The SMILES string of the molecule is Cc1c(F)cccc1NS(=O)(=O)c1cccc(C(C)N)c1. The zero-order chi connectivity index (χ0) is 15.6. The summed E-state index contributed by atoms with van der Waals surface area (Å²) in [5.41, 5.74) is 6.95. The Bertz CT molecular complexity index is 758. The average molecular weight is 308 g/mol. The van der Waals surface area contributed by atoms with E-state index >= 15 is 0 Å². The Kier molecular flexibility index (Phi) is 4.29. The highest BCUT2D eigenvalue weighted by Crippen LogP contribution is 2.23. The van der Waals surface area contributed by atoms with Gasteiger partial charge in [-0.05, 0) is 43.7 Å². The normalized spacial score (nSPS) is 13.0. The minimum atomic E-state index is -3.78. The summed E-state index contributed by atoms with van der Waals surface area (Å²) < 4.78 is 40.6. The van der Waals surface area contributed by atoms with Gasteiger partial charge < -0.3 is 5.73 Å². The second-order valence-electron chi connectivity index (χ2n) is 4.88. The van der Waals surface area contributed by atoms with Gasteiger partial charge in [0.1, 0.15) is 5.82 Å². The number of sulfonamides is 1. The number of rotatable bonds is 4. The maximum absolute atomic E-state index is 13.5. The number of nitrogens with two attached hydrogens (primary N) is 1. The Morgan fingerprint density at radius 1 is 1.19 bits per heavy atom. The molecule has 2 aromatic rings. The molecule has 0 spiro atoms. The summed E-state index contributed by atoms with van der Waals surface area (Å²) in [5, 5.41) is 0. The van der Waals surface area contributed by atoms with Crippen LogP contribution < -0.4 is 10.5 Å². The first kappa shape index (κ1) is 15.5. The van der Waals surface area contributed by atoms with Crippen molar-refractivity contribution in [1.29, 1.82) is 0 Å². The van der Waals surface area contributed by atoms with Gasteiger partial charge in [0, 0.05) is 11.6 Å². The van der Waals surface area contributed by atoms with Crippen molar-refractivity contribution in [3.05, 3.63) is 59.4 Å². The van der Waals surface area contributed by atoms with Crippen LogP contribution in [0, 0.1) is 12.7 Å². The number of hydrogen-bond acceptors (Lipinski definition) is 3. The van der Waals surface area contributed by atoms with E-state index in [4.69, 9.17) is 5.73 Å². The first-order valence-corrected chi connectivity index (χ1v) is 7.93. The standard InChI is InChI=1S/C15H17FN2O2S/c1-10-14(16)7-4-8-15(10)18-21(19,20)13-6-3-5-12(9-13)11(2)17/h3-9,11,18H,17H2,1-2H3. The van der Waals surface area contributed by atoms with E-state index in [-0.39, 0.29) is 22.2 Å². The van der Waals surface area contributed by atoms with Gasteiger partial charge in [0.15, 0.2) is 0 Å². The van der Waals surface area contributed by atoms with Crippen molar-refractivity contribution in [2.24, 2.45) is 5.73 Å². The van der Waals surface area contributed by atoms with E-state index in [9.17, 15) is 12.8 Å². The van der Waals surface area contributed by atoms with Crippen molar-refractivity contribution >= 4 is 15.7 Å². The lowest BCUT2D eigenvalue weighted by molar-refractivity contribution is 0.600. The summed E-state index contributed by atoms with van der Waals surface area (Å²) in [6.45, 7) is 3.29. The molecule has 112 valence electrons. The highest BCUT2D eigenvalue weighted by Gasteiger charge is 2.17. The van der Waals surface area contributed by atoms with E-state index < -0.39 is 15.8 Å². The molecular weight excluding hydrogens is 291 g/mol. The van der Waals surface area contributed by atoms with Crippen LogP contribution >= 0.6 is 0 Å². The number of hydrogen-bond donors (Lipinski definition) is 2. The fraction of sp³-hybridized carbons (Fsp3) is 0.200. The second-order valence-corrected chi connectivity index (χ2v) is 6.56. The monoisotopic (exact) mass is 308 g/mol. The van der Waals surface area contributed by atoms with E-state index in [0.717, 1.165) is 0 Å². The third-order valence-electron chi connectivity index (χ3n) is 3.21. The summed E-state index contributed by atoms with van der Waals surface area (Å²) in [6.07, 6.45) is 0. The van der Waals surface area contributed by atoms with Gasteiger partial charge in [-0.2, -0.15) is 0 Å².